The fraction of sp³-hybridized carbons (Fsp3) is 0.143. The van der Waals surface area contributed by atoms with Crippen LogP contribution in [0.5, 0.6) is 0 Å². The van der Waals surface area contributed by atoms with Crippen LogP contribution in [0.1, 0.15) is 5.56 Å². The van der Waals surface area contributed by atoms with Gasteiger partial charge in [0.25, 0.3) is 0 Å². The molecule has 0 aliphatic carbocycles. The molecule has 1 aromatic carbocycles. The van der Waals surface area contributed by atoms with Crippen LogP contribution < -0.4 is 0 Å². The third-order valence-electron chi connectivity index (χ3n) is 1.32. The summed E-state index contributed by atoms with van der Waals surface area (Å²) in [5.74, 6) is -0.865. The van der Waals surface area contributed by atoms with Gasteiger partial charge in [-0.05, 0) is 34.7 Å². The lowest BCUT2D eigenvalue weighted by atomic mass is 10.2. The van der Waals surface area contributed by atoms with Crippen LogP contribution in [0.15, 0.2) is 16.6 Å². The average molecular weight is 369 g/mol. The monoisotopic (exact) mass is 368 g/mol. The SMILES string of the molecule is Fc1cc(C(F)(F)F)c(Br)cc1I. The Kier molecular flexibility index (Phi) is 3.21. The number of rotatable bonds is 0. The molecule has 0 saturated carbocycles. The second-order valence-electron chi connectivity index (χ2n) is 2.24. The van der Waals surface area contributed by atoms with Crippen molar-refractivity contribution in [3.63, 3.8) is 0 Å². The summed E-state index contributed by atoms with van der Waals surface area (Å²) >= 11 is 4.35. The zero-order valence-corrected chi connectivity index (χ0v) is 9.67. The van der Waals surface area contributed by atoms with Crippen LogP contribution in [0.4, 0.5) is 17.6 Å². The van der Waals surface area contributed by atoms with Crippen molar-refractivity contribution >= 4 is 38.5 Å². The molecule has 0 amide bonds. The van der Waals surface area contributed by atoms with E-state index in [4.69, 9.17) is 0 Å². The minimum absolute atomic E-state index is 0.147. The van der Waals surface area contributed by atoms with Gasteiger partial charge in [-0.15, -0.1) is 0 Å². The Labute approximate surface area is 93.6 Å². The molecule has 0 saturated heterocycles. The first kappa shape index (κ1) is 11.2. The fourth-order valence-corrected chi connectivity index (χ4v) is 2.20. The minimum atomic E-state index is -4.52. The third kappa shape index (κ3) is 2.55. The molecule has 0 atom stereocenters. The molecule has 0 aromatic heterocycles. The summed E-state index contributed by atoms with van der Waals surface area (Å²) in [5, 5.41) is 0. The van der Waals surface area contributed by atoms with Gasteiger partial charge in [-0.1, -0.05) is 15.9 Å². The smallest absolute Gasteiger partial charge is 0.206 e. The summed E-state index contributed by atoms with van der Waals surface area (Å²) in [5.41, 5.74) is -0.995. The molecular weight excluding hydrogens is 367 g/mol. The average Bonchev–Trinajstić information content (AvgIpc) is 1.94. The van der Waals surface area contributed by atoms with Crippen LogP contribution in [0.2, 0.25) is 0 Å². The van der Waals surface area contributed by atoms with Crippen LogP contribution in [-0.4, -0.2) is 0 Å². The van der Waals surface area contributed by atoms with E-state index in [1.54, 1.807) is 22.6 Å². The predicted octanol–water partition coefficient (Wildman–Crippen LogP) is 4.21. The van der Waals surface area contributed by atoms with E-state index in [9.17, 15) is 17.6 Å². The number of halogens is 6. The predicted molar refractivity (Wildman–Crippen MR) is 51.8 cm³/mol. The van der Waals surface area contributed by atoms with Gasteiger partial charge >= 0.3 is 6.18 Å². The van der Waals surface area contributed by atoms with E-state index < -0.39 is 17.6 Å². The molecule has 72 valence electrons. The standard InChI is InChI=1S/C7H2BrF4I/c8-4-2-6(13)5(9)1-3(4)7(10,11)12/h1-2H. The van der Waals surface area contributed by atoms with Gasteiger partial charge in [-0.2, -0.15) is 13.2 Å². The summed E-state index contributed by atoms with van der Waals surface area (Å²) < 4.78 is 49.2. The molecule has 0 fully saturated rings. The molecule has 0 radical (unpaired) electrons. The van der Waals surface area contributed by atoms with Crippen molar-refractivity contribution in [3.8, 4) is 0 Å². The maximum absolute atomic E-state index is 12.8. The Morgan fingerprint density at radius 1 is 1.23 bits per heavy atom. The van der Waals surface area contributed by atoms with E-state index >= 15 is 0 Å². The van der Waals surface area contributed by atoms with Crippen LogP contribution in [-0.2, 0) is 6.18 Å². The van der Waals surface area contributed by atoms with E-state index in [1.807, 2.05) is 0 Å². The van der Waals surface area contributed by atoms with Crippen LogP contribution >= 0.6 is 38.5 Å². The molecule has 0 spiro atoms. The van der Waals surface area contributed by atoms with Crippen molar-refractivity contribution in [1.82, 2.24) is 0 Å². The Balaban J connectivity index is 3.32. The molecule has 0 bridgehead atoms. The number of benzene rings is 1. The lowest BCUT2D eigenvalue weighted by Gasteiger charge is -2.09. The molecule has 0 unspecified atom stereocenters. The molecule has 0 heterocycles. The highest BCUT2D eigenvalue weighted by Crippen LogP contribution is 2.36. The van der Waals surface area contributed by atoms with Gasteiger partial charge < -0.3 is 0 Å². The molecule has 0 aliphatic heterocycles. The Morgan fingerprint density at radius 3 is 2.23 bits per heavy atom. The quantitative estimate of drug-likeness (QED) is 0.365. The number of hydrogen-bond donors (Lipinski definition) is 0. The normalized spacial score (nSPS) is 11.8. The first-order valence-electron chi connectivity index (χ1n) is 3.04. The van der Waals surface area contributed by atoms with Crippen LogP contribution in [0.25, 0.3) is 0 Å². The minimum Gasteiger partial charge on any atom is -0.206 e. The molecule has 6 heteroatoms. The highest BCUT2D eigenvalue weighted by atomic mass is 127. The third-order valence-corrected chi connectivity index (χ3v) is 2.80. The number of alkyl halides is 3. The first-order chi connectivity index (χ1) is 5.82. The molecule has 13 heavy (non-hydrogen) atoms. The van der Waals surface area contributed by atoms with Crippen molar-refractivity contribution < 1.29 is 17.6 Å². The van der Waals surface area contributed by atoms with E-state index in [2.05, 4.69) is 15.9 Å². The second-order valence-corrected chi connectivity index (χ2v) is 4.26. The topological polar surface area (TPSA) is 0 Å². The molecule has 0 nitrogen and oxygen atoms in total. The van der Waals surface area contributed by atoms with Gasteiger partial charge in [0.15, 0.2) is 0 Å². The zero-order valence-electron chi connectivity index (χ0n) is 5.92. The molecule has 0 N–H and O–H groups in total. The Hall–Kier alpha value is 0.150. The largest absolute Gasteiger partial charge is 0.417 e. The fourth-order valence-electron chi connectivity index (χ4n) is 0.740. The van der Waals surface area contributed by atoms with Gasteiger partial charge in [-0.25, -0.2) is 4.39 Å². The Morgan fingerprint density at radius 2 is 1.77 bits per heavy atom. The summed E-state index contributed by atoms with van der Waals surface area (Å²) in [6.45, 7) is 0. The van der Waals surface area contributed by atoms with E-state index in [0.29, 0.717) is 6.07 Å². The molecule has 1 aromatic rings. The van der Waals surface area contributed by atoms with E-state index in [1.165, 1.54) is 0 Å². The maximum Gasteiger partial charge on any atom is 0.417 e. The van der Waals surface area contributed by atoms with Crippen LogP contribution in [0.3, 0.4) is 0 Å². The number of hydrogen-bond acceptors (Lipinski definition) is 0. The van der Waals surface area contributed by atoms with Gasteiger partial charge in [0.1, 0.15) is 5.82 Å². The van der Waals surface area contributed by atoms with Crippen molar-refractivity contribution in [2.75, 3.05) is 0 Å². The summed E-state index contributed by atoms with van der Waals surface area (Å²) in [6, 6.07) is 1.57. The van der Waals surface area contributed by atoms with Gasteiger partial charge in [-0.3, -0.25) is 0 Å². The Bertz CT molecular complexity index is 334. The van der Waals surface area contributed by atoms with Gasteiger partial charge in [0, 0.05) is 8.04 Å². The lowest BCUT2D eigenvalue weighted by molar-refractivity contribution is -0.138. The first-order valence-corrected chi connectivity index (χ1v) is 4.91. The zero-order chi connectivity index (χ0) is 10.2. The van der Waals surface area contributed by atoms with Crippen molar-refractivity contribution in [1.29, 1.82) is 0 Å². The van der Waals surface area contributed by atoms with Crippen molar-refractivity contribution in [3.05, 3.63) is 31.6 Å². The van der Waals surface area contributed by atoms with E-state index in [-0.39, 0.29) is 8.04 Å². The molecular formula is C7H2BrF4I. The van der Waals surface area contributed by atoms with Crippen molar-refractivity contribution in [2.45, 2.75) is 6.18 Å². The van der Waals surface area contributed by atoms with Gasteiger partial charge in [0.05, 0.1) is 5.56 Å². The summed E-state index contributed by atoms with van der Waals surface area (Å²) in [4.78, 5) is 0. The second kappa shape index (κ2) is 3.72. The summed E-state index contributed by atoms with van der Waals surface area (Å²) in [7, 11) is 0. The highest BCUT2D eigenvalue weighted by Gasteiger charge is 2.33. The maximum atomic E-state index is 12.8. The molecule has 1 rings (SSSR count). The summed E-state index contributed by atoms with van der Waals surface area (Å²) in [6.07, 6.45) is -4.52. The van der Waals surface area contributed by atoms with Crippen LogP contribution in [0, 0.1) is 9.39 Å². The highest BCUT2D eigenvalue weighted by molar-refractivity contribution is 14.1. The van der Waals surface area contributed by atoms with Crippen molar-refractivity contribution in [2.24, 2.45) is 0 Å². The van der Waals surface area contributed by atoms with Gasteiger partial charge in [0.2, 0.25) is 0 Å². The molecule has 0 aliphatic rings. The lowest BCUT2D eigenvalue weighted by Crippen LogP contribution is -2.07. The van der Waals surface area contributed by atoms with E-state index in [0.717, 1.165) is 6.07 Å².